The van der Waals surface area contributed by atoms with Gasteiger partial charge in [0, 0.05) is 0 Å². The van der Waals surface area contributed by atoms with Gasteiger partial charge in [-0.25, -0.2) is 4.79 Å². The quantitative estimate of drug-likeness (QED) is 0.492. The number of carbonyl (C=O) groups excluding carboxylic acids is 1. The summed E-state index contributed by atoms with van der Waals surface area (Å²) in [6.07, 6.45) is 0. The van der Waals surface area contributed by atoms with Gasteiger partial charge < -0.3 is 10.5 Å². The number of nitrogens with two attached hydrogens (primary N) is 1. The van der Waals surface area contributed by atoms with Gasteiger partial charge in [0.25, 0.3) is 0 Å². The largest absolute Gasteiger partial charge is 0.465 e. The third-order valence-electron chi connectivity index (χ3n) is 1.58. The summed E-state index contributed by atoms with van der Waals surface area (Å²) in [6.45, 7) is 0. The fourth-order valence-corrected chi connectivity index (χ4v) is 1.75. The van der Waals surface area contributed by atoms with Crippen LogP contribution in [0.2, 0.25) is 10.0 Å². The molecule has 0 spiro atoms. The Balaban J connectivity index is 3.40. The van der Waals surface area contributed by atoms with E-state index in [2.05, 4.69) is 20.7 Å². The summed E-state index contributed by atoms with van der Waals surface area (Å²) in [5, 5.41) is 0.471. The van der Waals surface area contributed by atoms with Crippen molar-refractivity contribution in [1.82, 2.24) is 0 Å². The molecule has 0 saturated heterocycles. The number of hydrogen-bond donors (Lipinski definition) is 1. The molecule has 2 N–H and O–H groups in total. The minimum Gasteiger partial charge on any atom is -0.465 e. The maximum Gasteiger partial charge on any atom is 0.339 e. The maximum atomic E-state index is 11.2. The molecule has 0 heterocycles. The highest BCUT2D eigenvalue weighted by atomic mass is 79.9. The van der Waals surface area contributed by atoms with Crippen molar-refractivity contribution in [2.45, 2.75) is 0 Å². The van der Waals surface area contributed by atoms with E-state index in [4.69, 9.17) is 28.9 Å². The van der Waals surface area contributed by atoms with Crippen LogP contribution < -0.4 is 5.73 Å². The van der Waals surface area contributed by atoms with Gasteiger partial charge in [-0.05, 0) is 22.0 Å². The van der Waals surface area contributed by atoms with Crippen molar-refractivity contribution in [3.8, 4) is 0 Å². The first kappa shape index (κ1) is 11.6. The molecule has 0 aliphatic carbocycles. The Bertz CT molecular complexity index is 395. The number of esters is 1. The summed E-state index contributed by atoms with van der Waals surface area (Å²) in [5.41, 5.74) is 6.00. The van der Waals surface area contributed by atoms with Crippen molar-refractivity contribution >= 4 is 50.8 Å². The van der Waals surface area contributed by atoms with E-state index in [0.717, 1.165) is 0 Å². The smallest absolute Gasteiger partial charge is 0.339 e. The maximum absolute atomic E-state index is 11.2. The lowest BCUT2D eigenvalue weighted by Gasteiger charge is -2.07. The highest BCUT2D eigenvalue weighted by Crippen LogP contribution is 2.37. The van der Waals surface area contributed by atoms with Crippen molar-refractivity contribution in [1.29, 1.82) is 0 Å². The van der Waals surface area contributed by atoms with Crippen molar-refractivity contribution in [2.75, 3.05) is 12.8 Å². The zero-order chi connectivity index (χ0) is 10.9. The standard InChI is InChI=1S/C8H6BrCl2NO2/c1-14-8(13)3-2-4(12)7(11)5(9)6(3)10/h2H,12H2,1H3. The SMILES string of the molecule is COC(=O)c1cc(N)c(Cl)c(Br)c1Cl. The van der Waals surface area contributed by atoms with Crippen LogP contribution in [0.25, 0.3) is 0 Å². The lowest BCUT2D eigenvalue weighted by molar-refractivity contribution is 0.0601. The van der Waals surface area contributed by atoms with Crippen LogP contribution in [0.1, 0.15) is 10.4 Å². The number of methoxy groups -OCH3 is 1. The van der Waals surface area contributed by atoms with E-state index in [9.17, 15) is 4.79 Å². The van der Waals surface area contributed by atoms with E-state index in [1.807, 2.05) is 0 Å². The lowest BCUT2D eigenvalue weighted by Crippen LogP contribution is -2.04. The van der Waals surface area contributed by atoms with Gasteiger partial charge in [0.15, 0.2) is 0 Å². The predicted molar refractivity (Wildman–Crippen MR) is 59.9 cm³/mol. The Morgan fingerprint density at radius 2 is 2.07 bits per heavy atom. The monoisotopic (exact) mass is 297 g/mol. The van der Waals surface area contributed by atoms with Crippen LogP contribution >= 0.6 is 39.1 Å². The molecular weight excluding hydrogens is 293 g/mol. The molecule has 0 aliphatic rings. The van der Waals surface area contributed by atoms with E-state index in [0.29, 0.717) is 4.47 Å². The number of ether oxygens (including phenoxy) is 1. The molecule has 0 saturated carbocycles. The molecule has 76 valence electrons. The topological polar surface area (TPSA) is 52.3 Å². The Hall–Kier alpha value is -0.450. The van der Waals surface area contributed by atoms with Crippen LogP contribution in [0.5, 0.6) is 0 Å². The van der Waals surface area contributed by atoms with Gasteiger partial charge in [0.2, 0.25) is 0 Å². The molecular formula is C8H6BrCl2NO2. The van der Waals surface area contributed by atoms with Gasteiger partial charge in [-0.1, -0.05) is 23.2 Å². The summed E-state index contributed by atoms with van der Waals surface area (Å²) < 4.78 is 4.91. The molecule has 3 nitrogen and oxygen atoms in total. The Morgan fingerprint density at radius 3 is 2.57 bits per heavy atom. The van der Waals surface area contributed by atoms with Crippen LogP contribution in [-0.2, 0) is 4.74 Å². The molecule has 0 aliphatic heterocycles. The van der Waals surface area contributed by atoms with Crippen molar-refractivity contribution < 1.29 is 9.53 Å². The molecule has 0 atom stereocenters. The average Bonchev–Trinajstić information content (AvgIpc) is 2.19. The summed E-state index contributed by atoms with van der Waals surface area (Å²) in [7, 11) is 1.26. The normalized spacial score (nSPS) is 10.0. The molecule has 0 radical (unpaired) electrons. The number of rotatable bonds is 1. The molecule has 1 aromatic rings. The molecule has 0 unspecified atom stereocenters. The van der Waals surface area contributed by atoms with Crippen LogP contribution in [-0.4, -0.2) is 13.1 Å². The minimum atomic E-state index is -0.556. The second kappa shape index (κ2) is 4.38. The zero-order valence-corrected chi connectivity index (χ0v) is 10.2. The van der Waals surface area contributed by atoms with Crippen LogP contribution in [0.4, 0.5) is 5.69 Å². The van der Waals surface area contributed by atoms with E-state index in [1.165, 1.54) is 13.2 Å². The first-order valence-electron chi connectivity index (χ1n) is 3.50. The molecule has 0 fully saturated rings. The second-order valence-electron chi connectivity index (χ2n) is 2.45. The van der Waals surface area contributed by atoms with Crippen LogP contribution in [0.15, 0.2) is 10.5 Å². The summed E-state index contributed by atoms with van der Waals surface area (Å²) in [6, 6.07) is 1.38. The number of hydrogen-bond acceptors (Lipinski definition) is 3. The Labute approximate surface area is 99.3 Å². The van der Waals surface area contributed by atoms with E-state index in [1.54, 1.807) is 0 Å². The van der Waals surface area contributed by atoms with Crippen LogP contribution in [0, 0.1) is 0 Å². The first-order valence-corrected chi connectivity index (χ1v) is 5.05. The predicted octanol–water partition coefficient (Wildman–Crippen LogP) is 3.12. The molecule has 1 rings (SSSR count). The third-order valence-corrected chi connectivity index (χ3v) is 3.63. The third kappa shape index (κ3) is 1.97. The average molecular weight is 299 g/mol. The molecule has 6 heteroatoms. The number of carbonyl (C=O) groups is 1. The first-order chi connectivity index (χ1) is 6.49. The van der Waals surface area contributed by atoms with Gasteiger partial charge in [0.05, 0.1) is 32.9 Å². The lowest BCUT2D eigenvalue weighted by atomic mass is 10.2. The highest BCUT2D eigenvalue weighted by Gasteiger charge is 2.17. The van der Waals surface area contributed by atoms with Crippen molar-refractivity contribution in [3.05, 3.63) is 26.1 Å². The minimum absolute atomic E-state index is 0.183. The van der Waals surface area contributed by atoms with Gasteiger partial charge in [0.1, 0.15) is 0 Å². The molecule has 1 aromatic carbocycles. The number of halogens is 3. The van der Waals surface area contributed by atoms with Crippen molar-refractivity contribution in [2.24, 2.45) is 0 Å². The summed E-state index contributed by atoms with van der Waals surface area (Å²) in [4.78, 5) is 11.2. The van der Waals surface area contributed by atoms with Gasteiger partial charge in [-0.15, -0.1) is 0 Å². The number of anilines is 1. The fourth-order valence-electron chi connectivity index (χ4n) is 0.882. The summed E-state index contributed by atoms with van der Waals surface area (Å²) >= 11 is 14.8. The Kier molecular flexibility index (Phi) is 3.64. The second-order valence-corrected chi connectivity index (χ2v) is 4.00. The van der Waals surface area contributed by atoms with E-state index >= 15 is 0 Å². The molecule has 0 bridgehead atoms. The summed E-state index contributed by atoms with van der Waals surface area (Å²) in [5.74, 6) is -0.556. The van der Waals surface area contributed by atoms with Crippen molar-refractivity contribution in [3.63, 3.8) is 0 Å². The highest BCUT2D eigenvalue weighted by molar-refractivity contribution is 9.10. The van der Waals surface area contributed by atoms with Crippen LogP contribution in [0.3, 0.4) is 0 Å². The van der Waals surface area contributed by atoms with E-state index in [-0.39, 0.29) is 21.3 Å². The molecule has 0 aromatic heterocycles. The zero-order valence-electron chi connectivity index (χ0n) is 7.11. The number of benzene rings is 1. The molecule has 0 amide bonds. The molecule has 14 heavy (non-hydrogen) atoms. The number of nitrogen functional groups attached to an aromatic ring is 1. The fraction of sp³-hybridized carbons (Fsp3) is 0.125. The Morgan fingerprint density at radius 1 is 1.50 bits per heavy atom. The van der Waals surface area contributed by atoms with Gasteiger partial charge in [-0.2, -0.15) is 0 Å². The van der Waals surface area contributed by atoms with Gasteiger partial charge in [-0.3, -0.25) is 0 Å². The van der Waals surface area contributed by atoms with E-state index < -0.39 is 5.97 Å². The van der Waals surface area contributed by atoms with Gasteiger partial charge >= 0.3 is 5.97 Å².